The summed E-state index contributed by atoms with van der Waals surface area (Å²) in [4.78, 5) is 10.5. The van der Waals surface area contributed by atoms with Crippen LogP contribution in [0.2, 0.25) is 0 Å². The lowest BCUT2D eigenvalue weighted by Gasteiger charge is -2.14. The van der Waals surface area contributed by atoms with E-state index in [1.54, 1.807) is 0 Å². The molecule has 0 saturated carbocycles. The summed E-state index contributed by atoms with van der Waals surface area (Å²) in [5.41, 5.74) is 0. The van der Waals surface area contributed by atoms with Gasteiger partial charge < -0.3 is 4.18 Å². The average Bonchev–Trinajstić information content (AvgIpc) is 1.81. The Balaban J connectivity index is 3.55. The summed E-state index contributed by atoms with van der Waals surface area (Å²) in [7, 11) is 0. The average molecular weight is 160 g/mol. The molecule has 0 spiro atoms. The molecule has 0 N–H and O–H groups in total. The Hall–Kier alpha value is -0.440. The van der Waals surface area contributed by atoms with Crippen LogP contribution in [0.15, 0.2) is 12.7 Å². The van der Waals surface area contributed by atoms with Gasteiger partial charge in [-0.05, 0) is 20.8 Å². The molecule has 0 rings (SSSR count). The number of carbonyl (C=O) groups is 1. The zero-order chi connectivity index (χ0) is 8.20. The van der Waals surface area contributed by atoms with Gasteiger partial charge in [0.05, 0.1) is 12.0 Å². The highest BCUT2D eigenvalue weighted by Gasteiger charge is 2.13. The highest BCUT2D eigenvalue weighted by atomic mass is 32.2. The molecule has 0 unspecified atom stereocenters. The molecule has 0 aromatic heterocycles. The van der Waals surface area contributed by atoms with Crippen LogP contribution in [0.4, 0.5) is 0 Å². The lowest BCUT2D eigenvalue weighted by atomic mass is 10.3. The van der Waals surface area contributed by atoms with E-state index < -0.39 is 0 Å². The minimum Gasteiger partial charge on any atom is -0.388 e. The molecule has 0 aliphatic carbocycles. The Morgan fingerprint density at radius 1 is 1.60 bits per heavy atom. The quantitative estimate of drug-likeness (QED) is 0.457. The molecular formula is C7H12O2S. The SMILES string of the molecule is C=CC(=O)OSC(C)(C)C. The van der Waals surface area contributed by atoms with E-state index in [9.17, 15) is 4.79 Å². The van der Waals surface area contributed by atoms with E-state index in [4.69, 9.17) is 4.18 Å². The van der Waals surface area contributed by atoms with E-state index in [0.717, 1.165) is 18.1 Å². The van der Waals surface area contributed by atoms with Crippen molar-refractivity contribution >= 4 is 18.0 Å². The van der Waals surface area contributed by atoms with Crippen LogP contribution in [-0.2, 0) is 8.98 Å². The van der Waals surface area contributed by atoms with E-state index in [-0.39, 0.29) is 10.7 Å². The monoisotopic (exact) mass is 160 g/mol. The Morgan fingerprint density at radius 3 is 2.40 bits per heavy atom. The van der Waals surface area contributed by atoms with Crippen molar-refractivity contribution in [1.29, 1.82) is 0 Å². The highest BCUT2D eigenvalue weighted by Crippen LogP contribution is 2.23. The Labute approximate surface area is 65.8 Å². The Bertz CT molecular complexity index is 135. The van der Waals surface area contributed by atoms with Gasteiger partial charge in [-0.25, -0.2) is 4.79 Å². The Kier molecular flexibility index (Phi) is 3.50. The van der Waals surface area contributed by atoms with Crippen molar-refractivity contribution in [2.45, 2.75) is 25.5 Å². The largest absolute Gasteiger partial charge is 0.388 e. The number of rotatable bonds is 2. The van der Waals surface area contributed by atoms with Crippen molar-refractivity contribution < 1.29 is 8.98 Å². The summed E-state index contributed by atoms with van der Waals surface area (Å²) in [6.07, 6.45) is 1.15. The van der Waals surface area contributed by atoms with Crippen LogP contribution >= 0.6 is 12.0 Å². The zero-order valence-electron chi connectivity index (χ0n) is 6.51. The van der Waals surface area contributed by atoms with Crippen molar-refractivity contribution in [3.63, 3.8) is 0 Å². The lowest BCUT2D eigenvalue weighted by molar-refractivity contribution is -0.127. The molecule has 10 heavy (non-hydrogen) atoms. The minimum absolute atomic E-state index is 0.0430. The fraction of sp³-hybridized carbons (Fsp3) is 0.571. The first-order chi connectivity index (χ1) is 4.45. The van der Waals surface area contributed by atoms with Crippen molar-refractivity contribution in [2.75, 3.05) is 0 Å². The fourth-order valence-corrected chi connectivity index (χ4v) is 0.600. The van der Waals surface area contributed by atoms with Gasteiger partial charge in [0, 0.05) is 10.8 Å². The molecule has 2 nitrogen and oxygen atoms in total. The minimum atomic E-state index is -0.389. The third-order valence-electron chi connectivity index (χ3n) is 0.540. The zero-order valence-corrected chi connectivity index (χ0v) is 7.33. The smallest absolute Gasteiger partial charge is 0.342 e. The third-order valence-corrected chi connectivity index (χ3v) is 1.29. The molecule has 0 amide bonds. The molecule has 0 atom stereocenters. The van der Waals surface area contributed by atoms with E-state index >= 15 is 0 Å². The topological polar surface area (TPSA) is 26.3 Å². The third kappa shape index (κ3) is 5.69. The molecule has 0 radical (unpaired) electrons. The van der Waals surface area contributed by atoms with Crippen molar-refractivity contribution in [1.82, 2.24) is 0 Å². The number of carbonyl (C=O) groups excluding carboxylic acids is 1. The van der Waals surface area contributed by atoms with Crippen molar-refractivity contribution in [3.05, 3.63) is 12.7 Å². The fourth-order valence-electron chi connectivity index (χ4n) is 0.200. The Morgan fingerprint density at radius 2 is 2.10 bits per heavy atom. The maximum absolute atomic E-state index is 10.5. The van der Waals surface area contributed by atoms with Crippen LogP contribution in [0.5, 0.6) is 0 Å². The maximum atomic E-state index is 10.5. The number of hydrogen-bond donors (Lipinski definition) is 0. The second-order valence-corrected chi connectivity index (χ2v) is 4.36. The van der Waals surface area contributed by atoms with Crippen LogP contribution in [0.25, 0.3) is 0 Å². The van der Waals surface area contributed by atoms with Gasteiger partial charge in [-0.3, -0.25) is 0 Å². The molecule has 0 aromatic carbocycles. The van der Waals surface area contributed by atoms with E-state index in [0.29, 0.717) is 0 Å². The lowest BCUT2D eigenvalue weighted by Crippen LogP contribution is -2.09. The molecule has 0 fully saturated rings. The second kappa shape index (κ2) is 3.66. The van der Waals surface area contributed by atoms with E-state index in [2.05, 4.69) is 6.58 Å². The van der Waals surface area contributed by atoms with Gasteiger partial charge in [0.25, 0.3) is 0 Å². The van der Waals surface area contributed by atoms with Crippen LogP contribution in [0.3, 0.4) is 0 Å². The predicted octanol–water partition coefficient (Wildman–Crippen LogP) is 2.16. The van der Waals surface area contributed by atoms with Gasteiger partial charge in [-0.2, -0.15) is 0 Å². The van der Waals surface area contributed by atoms with Gasteiger partial charge in [0.1, 0.15) is 0 Å². The summed E-state index contributed by atoms with van der Waals surface area (Å²) in [5, 5.41) is 0. The summed E-state index contributed by atoms with van der Waals surface area (Å²) < 4.78 is 4.67. The molecule has 58 valence electrons. The summed E-state index contributed by atoms with van der Waals surface area (Å²) in [5.74, 6) is -0.389. The summed E-state index contributed by atoms with van der Waals surface area (Å²) in [6, 6.07) is 0. The first-order valence-electron chi connectivity index (χ1n) is 2.98. The molecule has 3 heteroatoms. The first-order valence-corrected chi connectivity index (χ1v) is 3.72. The van der Waals surface area contributed by atoms with E-state index in [1.807, 2.05) is 20.8 Å². The van der Waals surface area contributed by atoms with Gasteiger partial charge in [0.15, 0.2) is 0 Å². The van der Waals surface area contributed by atoms with Crippen LogP contribution < -0.4 is 0 Å². The molecule has 0 bridgehead atoms. The van der Waals surface area contributed by atoms with Crippen LogP contribution in [-0.4, -0.2) is 10.7 Å². The van der Waals surface area contributed by atoms with Crippen molar-refractivity contribution in [2.24, 2.45) is 0 Å². The molecule has 0 aromatic rings. The summed E-state index contributed by atoms with van der Waals surface area (Å²) >= 11 is 1.15. The first kappa shape index (κ1) is 9.56. The predicted molar refractivity (Wildman–Crippen MR) is 43.6 cm³/mol. The molecule has 0 aliphatic rings. The van der Waals surface area contributed by atoms with E-state index in [1.165, 1.54) is 0 Å². The molecule has 0 saturated heterocycles. The van der Waals surface area contributed by atoms with Gasteiger partial charge in [0.2, 0.25) is 0 Å². The molecule has 0 aliphatic heterocycles. The van der Waals surface area contributed by atoms with Crippen LogP contribution in [0, 0.1) is 0 Å². The standard InChI is InChI=1S/C7H12O2S/c1-5-6(8)9-10-7(2,3)4/h5H,1H2,2-4H3. The normalized spacial score (nSPS) is 10.7. The molecule has 0 heterocycles. The number of hydrogen-bond acceptors (Lipinski definition) is 3. The van der Waals surface area contributed by atoms with Crippen molar-refractivity contribution in [3.8, 4) is 0 Å². The highest BCUT2D eigenvalue weighted by molar-refractivity contribution is 7.96. The van der Waals surface area contributed by atoms with Gasteiger partial charge >= 0.3 is 5.97 Å². The maximum Gasteiger partial charge on any atom is 0.342 e. The molecular weight excluding hydrogens is 148 g/mol. The van der Waals surface area contributed by atoms with Gasteiger partial charge in [-0.1, -0.05) is 6.58 Å². The van der Waals surface area contributed by atoms with Crippen LogP contribution in [0.1, 0.15) is 20.8 Å². The second-order valence-electron chi connectivity index (χ2n) is 2.80. The summed E-state index contributed by atoms with van der Waals surface area (Å²) in [6.45, 7) is 9.17. The van der Waals surface area contributed by atoms with Gasteiger partial charge in [-0.15, -0.1) is 0 Å².